The standard InChI is InChI=1S/C20H20FN3O2S2/c1-13-2-8-17(9-3-13)28(25,26)24-11-10-15(12-24)19-18(23-20(22)27-19)14-4-6-16(21)7-5-14/h2-9,15H,10-12H2,1H3,(H2,22,23)/t15-/m1/s1. The van der Waals surface area contributed by atoms with Crippen LogP contribution in [0.1, 0.15) is 22.8 Å². The predicted molar refractivity (Wildman–Crippen MR) is 109 cm³/mol. The molecule has 0 amide bonds. The predicted octanol–water partition coefficient (Wildman–Crippen LogP) is 4.02. The van der Waals surface area contributed by atoms with Crippen LogP contribution in [-0.4, -0.2) is 30.8 Å². The van der Waals surface area contributed by atoms with Gasteiger partial charge in [0.15, 0.2) is 5.13 Å². The zero-order valence-electron chi connectivity index (χ0n) is 15.3. The van der Waals surface area contributed by atoms with Crippen LogP contribution < -0.4 is 5.73 Å². The molecule has 146 valence electrons. The first-order valence-electron chi connectivity index (χ1n) is 8.93. The van der Waals surface area contributed by atoms with E-state index in [0.717, 1.165) is 16.0 Å². The van der Waals surface area contributed by atoms with E-state index in [-0.39, 0.29) is 11.7 Å². The van der Waals surface area contributed by atoms with E-state index in [2.05, 4.69) is 4.98 Å². The van der Waals surface area contributed by atoms with Crippen LogP contribution in [-0.2, 0) is 10.0 Å². The molecule has 8 heteroatoms. The van der Waals surface area contributed by atoms with E-state index in [1.165, 1.54) is 27.8 Å². The number of nitrogen functional groups attached to an aromatic ring is 1. The molecule has 0 unspecified atom stereocenters. The maximum absolute atomic E-state index is 13.3. The van der Waals surface area contributed by atoms with Gasteiger partial charge >= 0.3 is 0 Å². The normalized spacial score (nSPS) is 17.9. The Labute approximate surface area is 167 Å². The van der Waals surface area contributed by atoms with Crippen molar-refractivity contribution in [3.8, 4) is 11.3 Å². The van der Waals surface area contributed by atoms with E-state index in [1.807, 2.05) is 6.92 Å². The van der Waals surface area contributed by atoms with Gasteiger partial charge in [-0.1, -0.05) is 17.7 Å². The summed E-state index contributed by atoms with van der Waals surface area (Å²) in [6.07, 6.45) is 0.695. The number of aromatic nitrogens is 1. The van der Waals surface area contributed by atoms with E-state index >= 15 is 0 Å². The van der Waals surface area contributed by atoms with Crippen LogP contribution in [0.3, 0.4) is 0 Å². The first-order valence-corrected chi connectivity index (χ1v) is 11.2. The second kappa shape index (κ2) is 7.27. The molecule has 0 spiro atoms. The topological polar surface area (TPSA) is 76.3 Å². The van der Waals surface area contributed by atoms with Gasteiger partial charge in [0.2, 0.25) is 10.0 Å². The van der Waals surface area contributed by atoms with Crippen molar-refractivity contribution in [2.75, 3.05) is 18.8 Å². The highest BCUT2D eigenvalue weighted by atomic mass is 32.2. The molecule has 2 N–H and O–H groups in total. The summed E-state index contributed by atoms with van der Waals surface area (Å²) in [5.74, 6) is -0.306. The molecule has 1 aromatic heterocycles. The maximum Gasteiger partial charge on any atom is 0.243 e. The zero-order chi connectivity index (χ0) is 19.9. The fraction of sp³-hybridized carbons (Fsp3) is 0.250. The average molecular weight is 418 g/mol. The summed E-state index contributed by atoms with van der Waals surface area (Å²) >= 11 is 1.37. The quantitative estimate of drug-likeness (QED) is 0.696. The van der Waals surface area contributed by atoms with Gasteiger partial charge in [-0.05, 0) is 49.7 Å². The second-order valence-corrected chi connectivity index (χ2v) is 9.93. The molecule has 0 saturated carbocycles. The third kappa shape index (κ3) is 3.55. The highest BCUT2D eigenvalue weighted by Gasteiger charge is 2.35. The summed E-state index contributed by atoms with van der Waals surface area (Å²) in [6, 6.07) is 13.0. The lowest BCUT2D eigenvalue weighted by molar-refractivity contribution is 0.473. The zero-order valence-corrected chi connectivity index (χ0v) is 16.9. The maximum atomic E-state index is 13.3. The van der Waals surface area contributed by atoms with Gasteiger partial charge in [-0.25, -0.2) is 17.8 Å². The number of anilines is 1. The first-order chi connectivity index (χ1) is 13.3. The molecule has 1 fully saturated rings. The fourth-order valence-electron chi connectivity index (χ4n) is 3.46. The largest absolute Gasteiger partial charge is 0.375 e. The molecule has 5 nitrogen and oxygen atoms in total. The van der Waals surface area contributed by atoms with Crippen molar-refractivity contribution in [2.45, 2.75) is 24.2 Å². The van der Waals surface area contributed by atoms with Crippen molar-refractivity contribution >= 4 is 26.5 Å². The second-order valence-electron chi connectivity index (χ2n) is 6.93. The van der Waals surface area contributed by atoms with Gasteiger partial charge < -0.3 is 5.73 Å². The molecule has 0 aliphatic carbocycles. The number of nitrogens with two attached hydrogens (primary N) is 1. The summed E-state index contributed by atoms with van der Waals surface area (Å²) in [7, 11) is -3.54. The Hall–Kier alpha value is -2.29. The lowest BCUT2D eigenvalue weighted by Crippen LogP contribution is -2.28. The van der Waals surface area contributed by atoms with Crippen LogP contribution in [0.15, 0.2) is 53.4 Å². The molecule has 0 bridgehead atoms. The highest BCUT2D eigenvalue weighted by Crippen LogP contribution is 2.40. The van der Waals surface area contributed by atoms with Crippen LogP contribution in [0.2, 0.25) is 0 Å². The Morgan fingerprint density at radius 1 is 1.14 bits per heavy atom. The SMILES string of the molecule is Cc1ccc(S(=O)(=O)N2CC[C@@H](c3sc(N)nc3-c3ccc(F)cc3)C2)cc1. The lowest BCUT2D eigenvalue weighted by atomic mass is 10.0. The van der Waals surface area contributed by atoms with E-state index < -0.39 is 10.0 Å². The van der Waals surface area contributed by atoms with Gasteiger partial charge in [0.25, 0.3) is 0 Å². The molecular formula is C20H20FN3O2S2. The summed E-state index contributed by atoms with van der Waals surface area (Å²) < 4.78 is 40.7. The van der Waals surface area contributed by atoms with Crippen molar-refractivity contribution in [1.82, 2.24) is 9.29 Å². The molecule has 1 atom stereocenters. The Morgan fingerprint density at radius 3 is 2.50 bits per heavy atom. The van der Waals surface area contributed by atoms with Crippen molar-refractivity contribution in [1.29, 1.82) is 0 Å². The number of nitrogens with zero attached hydrogens (tertiary/aromatic N) is 2. The number of rotatable bonds is 4. The smallest absolute Gasteiger partial charge is 0.243 e. The van der Waals surface area contributed by atoms with E-state index in [0.29, 0.717) is 35.2 Å². The minimum atomic E-state index is -3.54. The molecule has 0 radical (unpaired) electrons. The molecular weight excluding hydrogens is 397 g/mol. The van der Waals surface area contributed by atoms with E-state index in [9.17, 15) is 12.8 Å². The molecule has 2 heterocycles. The number of hydrogen-bond donors (Lipinski definition) is 1. The van der Waals surface area contributed by atoms with Crippen molar-refractivity contribution in [3.05, 3.63) is 64.8 Å². The van der Waals surface area contributed by atoms with Gasteiger partial charge in [-0.2, -0.15) is 4.31 Å². The van der Waals surface area contributed by atoms with Crippen LogP contribution in [0, 0.1) is 12.7 Å². The first kappa shape index (κ1) is 19.0. The summed E-state index contributed by atoms with van der Waals surface area (Å²) in [5, 5.41) is 0.425. The van der Waals surface area contributed by atoms with Crippen molar-refractivity contribution in [3.63, 3.8) is 0 Å². The number of thiazole rings is 1. The number of hydrogen-bond acceptors (Lipinski definition) is 5. The Kier molecular flexibility index (Phi) is 4.95. The third-order valence-corrected chi connectivity index (χ3v) is 7.89. The molecule has 1 aliphatic rings. The van der Waals surface area contributed by atoms with Gasteiger partial charge in [0, 0.05) is 29.4 Å². The van der Waals surface area contributed by atoms with E-state index in [1.54, 1.807) is 36.4 Å². The Bertz CT molecular complexity index is 1090. The van der Waals surface area contributed by atoms with Gasteiger partial charge in [-0.15, -0.1) is 11.3 Å². The number of sulfonamides is 1. The molecule has 28 heavy (non-hydrogen) atoms. The van der Waals surface area contributed by atoms with Crippen LogP contribution in [0.25, 0.3) is 11.3 Å². The molecule has 4 rings (SSSR count). The molecule has 2 aromatic carbocycles. The minimum absolute atomic E-state index is 0.00933. The number of aryl methyl sites for hydroxylation is 1. The average Bonchev–Trinajstić information content (AvgIpc) is 3.30. The molecule has 1 saturated heterocycles. The Balaban J connectivity index is 1.61. The summed E-state index contributed by atoms with van der Waals surface area (Å²) in [4.78, 5) is 5.67. The van der Waals surface area contributed by atoms with Crippen LogP contribution in [0.4, 0.5) is 9.52 Å². The Morgan fingerprint density at radius 2 is 1.82 bits per heavy atom. The number of benzene rings is 2. The molecule has 3 aromatic rings. The minimum Gasteiger partial charge on any atom is -0.375 e. The highest BCUT2D eigenvalue weighted by molar-refractivity contribution is 7.89. The van der Waals surface area contributed by atoms with Crippen molar-refractivity contribution in [2.24, 2.45) is 0 Å². The van der Waals surface area contributed by atoms with Gasteiger partial charge in [0.1, 0.15) is 5.82 Å². The van der Waals surface area contributed by atoms with Gasteiger partial charge in [-0.3, -0.25) is 0 Å². The third-order valence-electron chi connectivity index (χ3n) is 4.97. The molecule has 1 aliphatic heterocycles. The monoisotopic (exact) mass is 417 g/mol. The van der Waals surface area contributed by atoms with E-state index in [4.69, 9.17) is 5.73 Å². The van der Waals surface area contributed by atoms with Crippen LogP contribution >= 0.6 is 11.3 Å². The summed E-state index contributed by atoms with van der Waals surface area (Å²) in [5.41, 5.74) is 8.45. The van der Waals surface area contributed by atoms with Crippen molar-refractivity contribution < 1.29 is 12.8 Å². The van der Waals surface area contributed by atoms with Crippen LogP contribution in [0.5, 0.6) is 0 Å². The number of halogens is 1. The lowest BCUT2D eigenvalue weighted by Gasteiger charge is -2.17. The fourth-order valence-corrected chi connectivity index (χ4v) is 5.94. The van der Waals surface area contributed by atoms with Gasteiger partial charge in [0.05, 0.1) is 10.6 Å². The summed E-state index contributed by atoms with van der Waals surface area (Å²) in [6.45, 7) is 2.75.